The van der Waals surface area contributed by atoms with Crippen molar-refractivity contribution in [2.75, 3.05) is 16.6 Å². The summed E-state index contributed by atoms with van der Waals surface area (Å²) in [6.45, 7) is 4.34. The van der Waals surface area contributed by atoms with E-state index in [1.54, 1.807) is 0 Å². The summed E-state index contributed by atoms with van der Waals surface area (Å²) >= 11 is 5.83. The second-order valence-electron chi connectivity index (χ2n) is 6.55. The molecule has 3 N–H and O–H groups in total. The number of amides is 2. The van der Waals surface area contributed by atoms with Gasteiger partial charge in [0, 0.05) is 12.2 Å². The lowest BCUT2D eigenvalue weighted by Gasteiger charge is -2.13. The van der Waals surface area contributed by atoms with E-state index in [4.69, 9.17) is 11.6 Å². The van der Waals surface area contributed by atoms with E-state index in [0.29, 0.717) is 18.3 Å². The molecule has 29 heavy (non-hydrogen) atoms. The van der Waals surface area contributed by atoms with E-state index < -0.39 is 33.5 Å². The topological polar surface area (TPSA) is 87.3 Å². The Morgan fingerprint density at radius 3 is 2.28 bits per heavy atom. The van der Waals surface area contributed by atoms with E-state index in [1.165, 1.54) is 24.3 Å². The Hall–Kier alpha value is -2.46. The highest BCUT2D eigenvalue weighted by Crippen LogP contribution is 2.34. The number of carbonyl (C=O) groups excluding carboxylic acids is 1. The first kappa shape index (κ1) is 22.8. The molecule has 0 bridgehead atoms. The molecule has 0 unspecified atom stereocenters. The molecule has 0 fully saturated rings. The van der Waals surface area contributed by atoms with Crippen molar-refractivity contribution in [1.29, 1.82) is 0 Å². The Balaban J connectivity index is 2.15. The molecule has 2 amide bonds. The highest BCUT2D eigenvalue weighted by molar-refractivity contribution is 7.92. The highest BCUT2D eigenvalue weighted by atomic mass is 35.5. The van der Waals surface area contributed by atoms with Crippen LogP contribution in [0.25, 0.3) is 0 Å². The van der Waals surface area contributed by atoms with Gasteiger partial charge < -0.3 is 10.6 Å². The number of hydrogen-bond acceptors (Lipinski definition) is 3. The van der Waals surface area contributed by atoms with Crippen molar-refractivity contribution in [3.63, 3.8) is 0 Å². The Kier molecular flexibility index (Phi) is 7.02. The standard InChI is InChI=1S/C18H19ClF3N3O3S/c1-11(2)10-23-17(26)24-13-4-6-14(7-5-13)29(27,28)25-16-9-12(18(20,21)22)3-8-15(16)19/h3-9,11,25H,10H2,1-2H3,(H2,23,24,26). The molecular formula is C18H19ClF3N3O3S. The average molecular weight is 450 g/mol. The molecular weight excluding hydrogens is 431 g/mol. The average Bonchev–Trinajstić information content (AvgIpc) is 2.61. The Labute approximate surface area is 171 Å². The van der Waals surface area contributed by atoms with Gasteiger partial charge in [0.1, 0.15) is 0 Å². The van der Waals surface area contributed by atoms with E-state index in [9.17, 15) is 26.4 Å². The number of anilines is 2. The monoisotopic (exact) mass is 449 g/mol. The number of hydrogen-bond donors (Lipinski definition) is 3. The van der Waals surface area contributed by atoms with Crippen LogP contribution in [0.2, 0.25) is 5.02 Å². The van der Waals surface area contributed by atoms with Crippen molar-refractivity contribution in [1.82, 2.24) is 5.32 Å². The van der Waals surface area contributed by atoms with Crippen molar-refractivity contribution in [3.8, 4) is 0 Å². The second kappa shape index (κ2) is 8.91. The number of nitrogens with one attached hydrogen (secondary N) is 3. The van der Waals surface area contributed by atoms with Gasteiger partial charge >= 0.3 is 12.2 Å². The van der Waals surface area contributed by atoms with Crippen molar-refractivity contribution >= 4 is 39.0 Å². The summed E-state index contributed by atoms with van der Waals surface area (Å²) in [5.41, 5.74) is -1.08. The molecule has 0 radical (unpaired) electrons. The number of urea groups is 1. The maximum Gasteiger partial charge on any atom is 0.416 e. The molecule has 0 aliphatic rings. The Bertz CT molecular complexity index is 978. The van der Waals surface area contributed by atoms with Crippen LogP contribution in [0.4, 0.5) is 29.3 Å². The van der Waals surface area contributed by atoms with E-state index in [0.717, 1.165) is 12.1 Å². The van der Waals surface area contributed by atoms with Crippen LogP contribution in [0.3, 0.4) is 0 Å². The van der Waals surface area contributed by atoms with Crippen LogP contribution in [0.1, 0.15) is 19.4 Å². The minimum atomic E-state index is -4.64. The lowest BCUT2D eigenvalue weighted by atomic mass is 10.2. The quantitative estimate of drug-likeness (QED) is 0.584. The molecule has 0 spiro atoms. The van der Waals surface area contributed by atoms with Gasteiger partial charge in [-0.2, -0.15) is 13.2 Å². The van der Waals surface area contributed by atoms with Gasteiger partial charge in [-0.3, -0.25) is 4.72 Å². The third kappa shape index (κ3) is 6.53. The van der Waals surface area contributed by atoms with Crippen molar-refractivity contribution < 1.29 is 26.4 Å². The lowest BCUT2D eigenvalue weighted by molar-refractivity contribution is -0.137. The zero-order valence-electron chi connectivity index (χ0n) is 15.5. The summed E-state index contributed by atoms with van der Waals surface area (Å²) in [5.74, 6) is 0.266. The van der Waals surface area contributed by atoms with Gasteiger partial charge in [0.2, 0.25) is 0 Å². The minimum absolute atomic E-state index is 0.179. The predicted molar refractivity (Wildman–Crippen MR) is 106 cm³/mol. The molecule has 2 aromatic carbocycles. The third-order valence-corrected chi connectivity index (χ3v) is 5.34. The van der Waals surface area contributed by atoms with Crippen LogP contribution < -0.4 is 15.4 Å². The van der Waals surface area contributed by atoms with Crippen LogP contribution in [0.15, 0.2) is 47.4 Å². The fourth-order valence-electron chi connectivity index (χ4n) is 2.17. The molecule has 0 heterocycles. The third-order valence-electron chi connectivity index (χ3n) is 3.63. The van der Waals surface area contributed by atoms with Gasteiger partial charge in [-0.05, 0) is 48.4 Å². The van der Waals surface area contributed by atoms with Crippen LogP contribution in [-0.4, -0.2) is 21.0 Å². The molecule has 6 nitrogen and oxygen atoms in total. The molecule has 0 saturated carbocycles. The predicted octanol–water partition coefficient (Wildman–Crippen LogP) is 4.94. The molecule has 158 valence electrons. The van der Waals surface area contributed by atoms with Gasteiger partial charge in [0.05, 0.1) is 21.2 Å². The summed E-state index contributed by atoms with van der Waals surface area (Å²) in [4.78, 5) is 11.5. The van der Waals surface area contributed by atoms with Crippen LogP contribution >= 0.6 is 11.6 Å². The van der Waals surface area contributed by atoms with E-state index in [2.05, 4.69) is 10.6 Å². The molecule has 0 aliphatic carbocycles. The molecule has 0 aromatic heterocycles. The Morgan fingerprint density at radius 2 is 1.72 bits per heavy atom. The molecule has 2 aromatic rings. The fourth-order valence-corrected chi connectivity index (χ4v) is 3.46. The molecule has 2 rings (SSSR count). The van der Waals surface area contributed by atoms with Crippen LogP contribution in [0, 0.1) is 5.92 Å². The fraction of sp³-hybridized carbons (Fsp3) is 0.278. The minimum Gasteiger partial charge on any atom is -0.338 e. The Morgan fingerprint density at radius 1 is 1.10 bits per heavy atom. The largest absolute Gasteiger partial charge is 0.416 e. The second-order valence-corrected chi connectivity index (χ2v) is 8.64. The summed E-state index contributed by atoms with van der Waals surface area (Å²) in [5, 5.41) is 5.01. The van der Waals surface area contributed by atoms with Gasteiger partial charge in [-0.25, -0.2) is 13.2 Å². The maximum absolute atomic E-state index is 12.8. The summed E-state index contributed by atoms with van der Waals surface area (Å²) < 4.78 is 65.5. The summed E-state index contributed by atoms with van der Waals surface area (Å²) in [6, 6.07) is 7.03. The van der Waals surface area contributed by atoms with Crippen molar-refractivity contribution in [2.24, 2.45) is 5.92 Å². The number of alkyl halides is 3. The number of carbonyl (C=O) groups is 1. The van der Waals surface area contributed by atoms with Gasteiger partial charge in [0.15, 0.2) is 0 Å². The molecule has 0 aliphatic heterocycles. The summed E-state index contributed by atoms with van der Waals surface area (Å²) in [6.07, 6.45) is -4.64. The van der Waals surface area contributed by atoms with Gasteiger partial charge in [-0.15, -0.1) is 0 Å². The van der Waals surface area contributed by atoms with E-state index in [-0.39, 0.29) is 15.8 Å². The lowest BCUT2D eigenvalue weighted by Crippen LogP contribution is -2.31. The zero-order valence-corrected chi connectivity index (χ0v) is 17.0. The normalized spacial score (nSPS) is 12.0. The number of benzene rings is 2. The van der Waals surface area contributed by atoms with E-state index >= 15 is 0 Å². The van der Waals surface area contributed by atoms with Crippen molar-refractivity contribution in [3.05, 3.63) is 53.1 Å². The highest BCUT2D eigenvalue weighted by Gasteiger charge is 2.31. The molecule has 0 atom stereocenters. The van der Waals surface area contributed by atoms with Gasteiger partial charge in [-0.1, -0.05) is 25.4 Å². The first-order chi connectivity index (χ1) is 13.4. The zero-order chi connectivity index (χ0) is 21.8. The number of halogens is 4. The maximum atomic E-state index is 12.8. The SMILES string of the molecule is CC(C)CNC(=O)Nc1ccc(S(=O)(=O)Nc2cc(C(F)(F)F)ccc2Cl)cc1. The smallest absolute Gasteiger partial charge is 0.338 e. The first-order valence-corrected chi connectivity index (χ1v) is 10.3. The van der Waals surface area contributed by atoms with Crippen molar-refractivity contribution in [2.45, 2.75) is 24.9 Å². The summed E-state index contributed by atoms with van der Waals surface area (Å²) in [7, 11) is -4.19. The van der Waals surface area contributed by atoms with Gasteiger partial charge in [0.25, 0.3) is 10.0 Å². The number of sulfonamides is 1. The molecule has 0 saturated heterocycles. The van der Waals surface area contributed by atoms with Crippen LogP contribution in [-0.2, 0) is 16.2 Å². The number of rotatable bonds is 6. The first-order valence-electron chi connectivity index (χ1n) is 8.43. The van der Waals surface area contributed by atoms with Crippen LogP contribution in [0.5, 0.6) is 0 Å². The molecule has 11 heteroatoms. The van der Waals surface area contributed by atoms with E-state index in [1.807, 2.05) is 18.6 Å².